The molecule has 2 aromatic rings. The summed E-state index contributed by atoms with van der Waals surface area (Å²) >= 11 is 1.37. The van der Waals surface area contributed by atoms with E-state index in [9.17, 15) is 14.9 Å². The maximum atomic E-state index is 12.1. The number of rotatable bonds is 7. The highest BCUT2D eigenvalue weighted by Crippen LogP contribution is 2.25. The molecular weight excluding hydrogens is 314 g/mol. The van der Waals surface area contributed by atoms with E-state index >= 15 is 0 Å². The third kappa shape index (κ3) is 5.37. The molecule has 23 heavy (non-hydrogen) atoms. The van der Waals surface area contributed by atoms with Crippen molar-refractivity contribution in [1.82, 2.24) is 10.3 Å². The van der Waals surface area contributed by atoms with Crippen LogP contribution in [0.5, 0.6) is 0 Å². The molecule has 0 aliphatic heterocycles. The molecule has 0 aliphatic carbocycles. The summed E-state index contributed by atoms with van der Waals surface area (Å²) in [6.07, 6.45) is 2.41. The van der Waals surface area contributed by atoms with Gasteiger partial charge in [0.25, 0.3) is 5.69 Å². The highest BCUT2D eigenvalue weighted by atomic mass is 32.2. The lowest BCUT2D eigenvalue weighted by Crippen LogP contribution is -2.32. The Bertz CT molecular complexity index is 662. The highest BCUT2D eigenvalue weighted by Gasteiger charge is 2.14. The van der Waals surface area contributed by atoms with E-state index < -0.39 is 4.92 Å². The van der Waals surface area contributed by atoms with Crippen LogP contribution in [0.1, 0.15) is 12.6 Å². The number of pyridine rings is 1. The van der Waals surface area contributed by atoms with E-state index in [4.69, 9.17) is 0 Å². The van der Waals surface area contributed by atoms with Crippen LogP contribution in [0.15, 0.2) is 53.6 Å². The Labute approximate surface area is 138 Å². The number of nitrogens with one attached hydrogen (secondary N) is 1. The Morgan fingerprint density at radius 2 is 2.04 bits per heavy atom. The van der Waals surface area contributed by atoms with E-state index in [1.54, 1.807) is 18.3 Å². The van der Waals surface area contributed by atoms with Crippen LogP contribution >= 0.6 is 11.8 Å². The molecule has 0 bridgehead atoms. The van der Waals surface area contributed by atoms with Gasteiger partial charge in [0.1, 0.15) is 0 Å². The van der Waals surface area contributed by atoms with Crippen LogP contribution in [0, 0.1) is 10.1 Å². The van der Waals surface area contributed by atoms with Gasteiger partial charge in [-0.3, -0.25) is 19.9 Å². The van der Waals surface area contributed by atoms with E-state index in [0.29, 0.717) is 13.0 Å². The molecule has 1 unspecified atom stereocenters. The first-order valence-corrected chi connectivity index (χ1v) is 8.03. The molecule has 120 valence electrons. The van der Waals surface area contributed by atoms with Gasteiger partial charge < -0.3 is 5.32 Å². The van der Waals surface area contributed by atoms with Crippen LogP contribution in [0.4, 0.5) is 5.69 Å². The predicted molar refractivity (Wildman–Crippen MR) is 89.4 cm³/mol. The molecule has 0 spiro atoms. The molecule has 1 amide bonds. The summed E-state index contributed by atoms with van der Waals surface area (Å²) in [5.41, 5.74) is 0.977. The first-order chi connectivity index (χ1) is 11.1. The lowest BCUT2D eigenvalue weighted by molar-refractivity contribution is -0.384. The minimum Gasteiger partial charge on any atom is -0.355 e. The van der Waals surface area contributed by atoms with Gasteiger partial charge >= 0.3 is 0 Å². The molecular formula is C16H17N3O3S. The second-order valence-electron chi connectivity index (χ2n) is 4.87. The number of benzene rings is 1. The molecule has 0 aliphatic rings. The summed E-state index contributed by atoms with van der Waals surface area (Å²) in [6.45, 7) is 2.34. The van der Waals surface area contributed by atoms with Gasteiger partial charge in [-0.15, -0.1) is 11.8 Å². The lowest BCUT2D eigenvalue weighted by atomic mass is 10.2. The standard InChI is InChI=1S/C16H17N3O3S/c1-12(23-15-7-5-14(6-8-15)19(21)22)16(20)18-11-9-13-4-2-3-10-17-13/h2-8,10,12H,9,11H2,1H3,(H,18,20). The van der Waals surface area contributed by atoms with Crippen molar-refractivity contribution in [3.8, 4) is 0 Å². The Hall–Kier alpha value is -2.41. The second kappa shape index (κ2) is 8.28. The summed E-state index contributed by atoms with van der Waals surface area (Å²) in [7, 11) is 0. The number of nitrogens with zero attached hydrogens (tertiary/aromatic N) is 2. The number of aromatic nitrogens is 1. The van der Waals surface area contributed by atoms with Crippen LogP contribution in [-0.4, -0.2) is 27.6 Å². The predicted octanol–water partition coefficient (Wildman–Crippen LogP) is 2.83. The number of hydrogen-bond acceptors (Lipinski definition) is 5. The molecule has 1 heterocycles. The van der Waals surface area contributed by atoms with Crippen molar-refractivity contribution < 1.29 is 9.72 Å². The maximum absolute atomic E-state index is 12.1. The fourth-order valence-electron chi connectivity index (χ4n) is 1.91. The van der Waals surface area contributed by atoms with Gasteiger partial charge in [-0.1, -0.05) is 6.07 Å². The minimum atomic E-state index is -0.442. The fourth-order valence-corrected chi connectivity index (χ4v) is 2.80. The van der Waals surface area contributed by atoms with Crippen LogP contribution in [0.2, 0.25) is 0 Å². The highest BCUT2D eigenvalue weighted by molar-refractivity contribution is 8.00. The maximum Gasteiger partial charge on any atom is 0.269 e. The van der Waals surface area contributed by atoms with Crippen LogP contribution in [0.25, 0.3) is 0 Å². The van der Waals surface area contributed by atoms with Gasteiger partial charge in [0.15, 0.2) is 0 Å². The molecule has 0 saturated carbocycles. The van der Waals surface area contributed by atoms with Gasteiger partial charge in [-0.2, -0.15) is 0 Å². The fraction of sp³-hybridized carbons (Fsp3) is 0.250. The van der Waals surface area contributed by atoms with Gasteiger partial charge in [0.2, 0.25) is 5.91 Å². The molecule has 1 aromatic heterocycles. The Balaban J connectivity index is 1.79. The molecule has 1 atom stereocenters. The van der Waals surface area contributed by atoms with Gasteiger partial charge in [-0.25, -0.2) is 0 Å². The van der Waals surface area contributed by atoms with Gasteiger partial charge in [0.05, 0.1) is 10.2 Å². The monoisotopic (exact) mass is 331 g/mol. The Morgan fingerprint density at radius 1 is 1.30 bits per heavy atom. The van der Waals surface area contributed by atoms with Crippen molar-refractivity contribution in [2.45, 2.75) is 23.5 Å². The van der Waals surface area contributed by atoms with E-state index in [1.165, 1.54) is 23.9 Å². The summed E-state index contributed by atoms with van der Waals surface area (Å²) < 4.78 is 0. The number of carbonyl (C=O) groups is 1. The smallest absolute Gasteiger partial charge is 0.269 e. The zero-order valence-corrected chi connectivity index (χ0v) is 13.5. The zero-order valence-electron chi connectivity index (χ0n) is 12.6. The summed E-state index contributed by atoms with van der Waals surface area (Å²) in [5, 5.41) is 13.2. The van der Waals surface area contributed by atoms with Crippen molar-refractivity contribution in [2.24, 2.45) is 0 Å². The quantitative estimate of drug-likeness (QED) is 0.479. The van der Waals surface area contributed by atoms with E-state index in [2.05, 4.69) is 10.3 Å². The first kappa shape index (κ1) is 17.0. The Kier molecular flexibility index (Phi) is 6.10. The largest absolute Gasteiger partial charge is 0.355 e. The Morgan fingerprint density at radius 3 is 2.65 bits per heavy atom. The summed E-state index contributed by atoms with van der Waals surface area (Å²) in [4.78, 5) is 27.2. The molecule has 6 nitrogen and oxygen atoms in total. The number of non-ortho nitro benzene ring substituents is 1. The topological polar surface area (TPSA) is 85.1 Å². The third-order valence-corrected chi connectivity index (χ3v) is 4.25. The summed E-state index contributed by atoms with van der Waals surface area (Å²) in [6, 6.07) is 11.9. The molecule has 1 N–H and O–H groups in total. The van der Waals surface area contributed by atoms with E-state index in [1.807, 2.05) is 25.1 Å². The number of amides is 1. The third-order valence-electron chi connectivity index (χ3n) is 3.14. The van der Waals surface area contributed by atoms with Crippen LogP contribution in [-0.2, 0) is 11.2 Å². The van der Waals surface area contributed by atoms with E-state index in [0.717, 1.165) is 10.6 Å². The van der Waals surface area contributed by atoms with Crippen molar-refractivity contribution in [1.29, 1.82) is 0 Å². The number of carbonyl (C=O) groups excluding carboxylic acids is 1. The lowest BCUT2D eigenvalue weighted by Gasteiger charge is -2.11. The van der Waals surface area contributed by atoms with Gasteiger partial charge in [0, 0.05) is 41.9 Å². The van der Waals surface area contributed by atoms with Gasteiger partial charge in [-0.05, 0) is 31.2 Å². The molecule has 0 fully saturated rings. The van der Waals surface area contributed by atoms with Crippen molar-refractivity contribution in [3.05, 3.63) is 64.5 Å². The van der Waals surface area contributed by atoms with E-state index in [-0.39, 0.29) is 16.8 Å². The minimum absolute atomic E-state index is 0.0433. The number of nitro benzene ring substituents is 1. The molecule has 0 saturated heterocycles. The van der Waals surface area contributed by atoms with Crippen molar-refractivity contribution in [3.63, 3.8) is 0 Å². The number of thioether (sulfide) groups is 1. The molecule has 7 heteroatoms. The average molecular weight is 331 g/mol. The SMILES string of the molecule is CC(Sc1ccc([N+](=O)[O-])cc1)C(=O)NCCc1ccccn1. The van der Waals surface area contributed by atoms with Crippen molar-refractivity contribution >= 4 is 23.4 Å². The normalized spacial score (nSPS) is 11.7. The summed E-state index contributed by atoms with van der Waals surface area (Å²) in [5.74, 6) is -0.0655. The first-order valence-electron chi connectivity index (χ1n) is 7.15. The zero-order chi connectivity index (χ0) is 16.7. The van der Waals surface area contributed by atoms with Crippen molar-refractivity contribution in [2.75, 3.05) is 6.54 Å². The van der Waals surface area contributed by atoms with Crippen LogP contribution in [0.3, 0.4) is 0 Å². The second-order valence-corrected chi connectivity index (χ2v) is 6.29. The number of hydrogen-bond donors (Lipinski definition) is 1. The molecule has 1 aromatic carbocycles. The molecule has 2 rings (SSSR count). The number of nitro groups is 1. The molecule has 0 radical (unpaired) electrons. The average Bonchev–Trinajstić information content (AvgIpc) is 2.56. The van der Waals surface area contributed by atoms with Crippen LogP contribution < -0.4 is 5.32 Å².